The van der Waals surface area contributed by atoms with Crippen molar-refractivity contribution in [1.82, 2.24) is 4.90 Å². The third-order valence-electron chi connectivity index (χ3n) is 4.94. The Morgan fingerprint density at radius 1 is 1.08 bits per heavy atom. The summed E-state index contributed by atoms with van der Waals surface area (Å²) in [6, 6.07) is 15.9. The van der Waals surface area contributed by atoms with Crippen LogP contribution in [0.15, 0.2) is 48.5 Å². The van der Waals surface area contributed by atoms with E-state index in [0.717, 1.165) is 18.7 Å². The molecule has 0 radical (unpaired) electrons. The standard InChI is InChI=1S/C20H22Cl2N2O.ClH/c21-18-8-6-14(10-19(18)22)7-9-20(25)24-12-16(11-23)17(13-24)15-4-2-1-3-5-15;/h1-6,8,10,16-17H,7,9,11-13,23H2;1H/t16-,17+;/m1./s1. The lowest BCUT2D eigenvalue weighted by atomic mass is 9.89. The van der Waals surface area contributed by atoms with Crippen molar-refractivity contribution in [2.24, 2.45) is 11.7 Å². The zero-order valence-corrected chi connectivity index (χ0v) is 16.7. The minimum Gasteiger partial charge on any atom is -0.342 e. The molecule has 3 nitrogen and oxygen atoms in total. The molecule has 1 aliphatic heterocycles. The van der Waals surface area contributed by atoms with Gasteiger partial charge in [-0.05, 0) is 42.1 Å². The fourth-order valence-electron chi connectivity index (χ4n) is 3.50. The topological polar surface area (TPSA) is 46.3 Å². The van der Waals surface area contributed by atoms with Crippen LogP contribution in [0.4, 0.5) is 0 Å². The van der Waals surface area contributed by atoms with E-state index in [4.69, 9.17) is 28.9 Å². The van der Waals surface area contributed by atoms with Crippen LogP contribution in [0.2, 0.25) is 10.0 Å². The summed E-state index contributed by atoms with van der Waals surface area (Å²) in [7, 11) is 0. The van der Waals surface area contributed by atoms with Crippen LogP contribution in [0.3, 0.4) is 0 Å². The molecule has 0 spiro atoms. The fraction of sp³-hybridized carbons (Fsp3) is 0.350. The number of rotatable bonds is 5. The fourth-order valence-corrected chi connectivity index (χ4v) is 3.82. The molecule has 2 N–H and O–H groups in total. The van der Waals surface area contributed by atoms with Gasteiger partial charge in [0.15, 0.2) is 0 Å². The molecule has 2 aromatic rings. The van der Waals surface area contributed by atoms with Crippen LogP contribution < -0.4 is 5.73 Å². The zero-order valence-electron chi connectivity index (χ0n) is 14.4. The van der Waals surface area contributed by atoms with Gasteiger partial charge in [-0.1, -0.05) is 59.6 Å². The van der Waals surface area contributed by atoms with Crippen molar-refractivity contribution in [2.75, 3.05) is 19.6 Å². The van der Waals surface area contributed by atoms with E-state index in [-0.39, 0.29) is 18.3 Å². The quantitative estimate of drug-likeness (QED) is 0.781. The van der Waals surface area contributed by atoms with E-state index in [1.165, 1.54) is 5.56 Å². The third-order valence-corrected chi connectivity index (χ3v) is 5.67. The van der Waals surface area contributed by atoms with Crippen molar-refractivity contribution in [1.29, 1.82) is 0 Å². The second kappa shape index (κ2) is 9.61. The van der Waals surface area contributed by atoms with Crippen LogP contribution in [-0.2, 0) is 11.2 Å². The first-order valence-electron chi connectivity index (χ1n) is 8.55. The summed E-state index contributed by atoms with van der Waals surface area (Å²) in [5.41, 5.74) is 8.24. The molecule has 0 aromatic heterocycles. The number of nitrogens with zero attached hydrogens (tertiary/aromatic N) is 1. The van der Waals surface area contributed by atoms with E-state index in [0.29, 0.717) is 41.3 Å². The first-order valence-corrected chi connectivity index (χ1v) is 9.30. The largest absolute Gasteiger partial charge is 0.342 e. The van der Waals surface area contributed by atoms with Gasteiger partial charge in [-0.15, -0.1) is 12.4 Å². The summed E-state index contributed by atoms with van der Waals surface area (Å²) in [5.74, 6) is 0.805. The number of aryl methyl sites for hydroxylation is 1. The highest BCUT2D eigenvalue weighted by Crippen LogP contribution is 2.32. The molecule has 1 heterocycles. The van der Waals surface area contributed by atoms with Gasteiger partial charge < -0.3 is 10.6 Å². The molecule has 1 saturated heterocycles. The minimum atomic E-state index is 0. The number of amides is 1. The molecule has 1 amide bonds. The molecule has 1 aliphatic rings. The van der Waals surface area contributed by atoms with Gasteiger partial charge in [-0.3, -0.25) is 4.79 Å². The smallest absolute Gasteiger partial charge is 0.222 e. The van der Waals surface area contributed by atoms with Gasteiger partial charge in [0.05, 0.1) is 10.0 Å². The van der Waals surface area contributed by atoms with Crippen molar-refractivity contribution in [3.05, 3.63) is 69.7 Å². The lowest BCUT2D eigenvalue weighted by Crippen LogP contribution is -2.30. The van der Waals surface area contributed by atoms with Gasteiger partial charge in [0, 0.05) is 25.4 Å². The predicted molar refractivity (Wildman–Crippen MR) is 110 cm³/mol. The van der Waals surface area contributed by atoms with Gasteiger partial charge in [0.1, 0.15) is 0 Å². The van der Waals surface area contributed by atoms with Crippen LogP contribution >= 0.6 is 35.6 Å². The van der Waals surface area contributed by atoms with E-state index in [1.54, 1.807) is 6.07 Å². The van der Waals surface area contributed by atoms with Crippen LogP contribution in [0.1, 0.15) is 23.5 Å². The van der Waals surface area contributed by atoms with E-state index in [1.807, 2.05) is 35.2 Å². The normalized spacial score (nSPS) is 19.3. The van der Waals surface area contributed by atoms with Gasteiger partial charge >= 0.3 is 0 Å². The van der Waals surface area contributed by atoms with E-state index >= 15 is 0 Å². The summed E-state index contributed by atoms with van der Waals surface area (Å²) in [6.07, 6.45) is 1.13. The van der Waals surface area contributed by atoms with Crippen molar-refractivity contribution in [3.63, 3.8) is 0 Å². The van der Waals surface area contributed by atoms with Crippen LogP contribution in [0.25, 0.3) is 0 Å². The lowest BCUT2D eigenvalue weighted by Gasteiger charge is -2.17. The highest BCUT2D eigenvalue weighted by atomic mass is 35.5. The SMILES string of the molecule is Cl.NC[C@@H]1CN(C(=O)CCc2ccc(Cl)c(Cl)c2)C[C@H]1c1ccccc1. The molecule has 0 aliphatic carbocycles. The Balaban J connectivity index is 0.00000243. The Hall–Kier alpha value is -1.26. The van der Waals surface area contributed by atoms with Gasteiger partial charge in [-0.25, -0.2) is 0 Å². The van der Waals surface area contributed by atoms with Crippen molar-refractivity contribution in [2.45, 2.75) is 18.8 Å². The number of benzene rings is 2. The molecule has 6 heteroatoms. The third kappa shape index (κ3) is 4.92. The second-order valence-electron chi connectivity index (χ2n) is 6.56. The van der Waals surface area contributed by atoms with E-state index in [2.05, 4.69) is 12.1 Å². The van der Waals surface area contributed by atoms with Crippen LogP contribution in [0.5, 0.6) is 0 Å². The maximum atomic E-state index is 12.6. The molecular weight excluding hydrogens is 391 g/mol. The Bertz CT molecular complexity index is 739. The maximum Gasteiger partial charge on any atom is 0.222 e. The van der Waals surface area contributed by atoms with Crippen LogP contribution in [0, 0.1) is 5.92 Å². The second-order valence-corrected chi connectivity index (χ2v) is 7.37. The Morgan fingerprint density at radius 2 is 1.81 bits per heavy atom. The van der Waals surface area contributed by atoms with Crippen molar-refractivity contribution >= 4 is 41.5 Å². The number of carbonyl (C=O) groups is 1. The Morgan fingerprint density at radius 3 is 2.46 bits per heavy atom. The van der Waals surface area contributed by atoms with Crippen molar-refractivity contribution < 1.29 is 4.79 Å². The number of halogens is 3. The zero-order chi connectivity index (χ0) is 17.8. The number of carbonyl (C=O) groups excluding carboxylic acids is 1. The van der Waals surface area contributed by atoms with Gasteiger partial charge in [0.2, 0.25) is 5.91 Å². The molecule has 2 aromatic carbocycles. The summed E-state index contributed by atoms with van der Waals surface area (Å²) in [6.45, 7) is 2.07. The molecule has 0 bridgehead atoms. The average molecular weight is 414 g/mol. The van der Waals surface area contributed by atoms with E-state index < -0.39 is 0 Å². The number of nitrogens with two attached hydrogens (primary N) is 1. The predicted octanol–water partition coefficient (Wildman–Crippen LogP) is 4.55. The van der Waals surface area contributed by atoms with Gasteiger partial charge in [0.25, 0.3) is 0 Å². The van der Waals surface area contributed by atoms with Crippen LogP contribution in [-0.4, -0.2) is 30.4 Å². The Kier molecular flexibility index (Phi) is 7.78. The lowest BCUT2D eigenvalue weighted by molar-refractivity contribution is -0.130. The summed E-state index contributed by atoms with van der Waals surface area (Å²) in [5, 5.41) is 1.06. The summed E-state index contributed by atoms with van der Waals surface area (Å²) >= 11 is 12.0. The summed E-state index contributed by atoms with van der Waals surface area (Å²) in [4.78, 5) is 14.6. The van der Waals surface area contributed by atoms with Gasteiger partial charge in [-0.2, -0.15) is 0 Å². The number of hydrogen-bond acceptors (Lipinski definition) is 2. The first-order chi connectivity index (χ1) is 12.1. The molecule has 140 valence electrons. The monoisotopic (exact) mass is 412 g/mol. The van der Waals surface area contributed by atoms with Crippen molar-refractivity contribution in [3.8, 4) is 0 Å². The number of likely N-dealkylation sites (tertiary alicyclic amines) is 1. The Labute approximate surface area is 170 Å². The summed E-state index contributed by atoms with van der Waals surface area (Å²) < 4.78 is 0. The molecule has 0 saturated carbocycles. The average Bonchev–Trinajstić information content (AvgIpc) is 3.08. The molecule has 3 rings (SSSR count). The molecule has 26 heavy (non-hydrogen) atoms. The van der Waals surface area contributed by atoms with E-state index in [9.17, 15) is 4.79 Å². The molecule has 0 unspecified atom stereocenters. The highest BCUT2D eigenvalue weighted by Gasteiger charge is 2.34. The highest BCUT2D eigenvalue weighted by molar-refractivity contribution is 6.42. The minimum absolute atomic E-state index is 0. The molecule has 2 atom stereocenters. The molecular formula is C20H23Cl3N2O. The number of hydrogen-bond donors (Lipinski definition) is 1. The maximum absolute atomic E-state index is 12.6. The first kappa shape index (κ1) is 21.0. The molecule has 1 fully saturated rings.